The number of thiophene rings is 1. The Balaban J connectivity index is 1.88. The van der Waals surface area contributed by atoms with Crippen LogP contribution in [0.3, 0.4) is 0 Å². The maximum absolute atomic E-state index is 12.7. The summed E-state index contributed by atoms with van der Waals surface area (Å²) in [6, 6.07) is 13.2. The molecule has 1 aliphatic rings. The zero-order valence-electron chi connectivity index (χ0n) is 17.5. The number of carbonyl (C=O) groups is 2. The number of methoxy groups -OCH3 is 1. The van der Waals surface area contributed by atoms with Crippen molar-refractivity contribution in [3.05, 3.63) is 63.3 Å². The van der Waals surface area contributed by atoms with Crippen LogP contribution in [-0.4, -0.2) is 30.7 Å². The molecule has 7 heteroatoms. The first-order valence-electron chi connectivity index (χ1n) is 10.0. The van der Waals surface area contributed by atoms with Crippen LogP contribution < -0.4 is 14.8 Å². The van der Waals surface area contributed by atoms with Gasteiger partial charge in [0.25, 0.3) is 0 Å². The standard InChI is InChI=1S/C24H23NO5S/c1-4-30-18-11-15(9-10-17(18)29-3)16-12-19(26)25-21-20(14-7-5-13(2)6-8-14)23(24(27)28)31-22(16)21/h5-11,16H,4,12H2,1-3H3,(H,25,26)(H,27,28). The average molecular weight is 438 g/mol. The van der Waals surface area contributed by atoms with Crippen molar-refractivity contribution in [1.82, 2.24) is 0 Å². The van der Waals surface area contributed by atoms with Gasteiger partial charge in [0, 0.05) is 22.8 Å². The lowest BCUT2D eigenvalue weighted by Crippen LogP contribution is -2.22. The molecule has 1 aromatic heterocycles. The van der Waals surface area contributed by atoms with Gasteiger partial charge in [0.15, 0.2) is 11.5 Å². The van der Waals surface area contributed by atoms with Gasteiger partial charge in [-0.3, -0.25) is 4.79 Å². The molecule has 0 fully saturated rings. The van der Waals surface area contributed by atoms with E-state index in [2.05, 4.69) is 5.32 Å². The summed E-state index contributed by atoms with van der Waals surface area (Å²) >= 11 is 1.22. The first-order valence-corrected chi connectivity index (χ1v) is 10.8. The molecule has 1 amide bonds. The van der Waals surface area contributed by atoms with Gasteiger partial charge in [-0.05, 0) is 37.1 Å². The van der Waals surface area contributed by atoms with Crippen LogP contribution in [-0.2, 0) is 4.79 Å². The zero-order chi connectivity index (χ0) is 22.1. The third-order valence-corrected chi connectivity index (χ3v) is 6.62. The number of carboxylic acids is 1. The van der Waals surface area contributed by atoms with Gasteiger partial charge in [0.05, 0.1) is 19.4 Å². The van der Waals surface area contributed by atoms with E-state index in [9.17, 15) is 14.7 Å². The Morgan fingerprint density at radius 3 is 2.58 bits per heavy atom. The highest BCUT2D eigenvalue weighted by Gasteiger charge is 2.34. The number of anilines is 1. The fraction of sp³-hybridized carbons (Fsp3) is 0.250. The summed E-state index contributed by atoms with van der Waals surface area (Å²) in [5.74, 6) is -0.203. The molecule has 1 aliphatic heterocycles. The van der Waals surface area contributed by atoms with E-state index >= 15 is 0 Å². The van der Waals surface area contributed by atoms with Crippen molar-refractivity contribution in [3.8, 4) is 22.6 Å². The quantitative estimate of drug-likeness (QED) is 0.546. The average Bonchev–Trinajstić information content (AvgIpc) is 3.13. The Hall–Kier alpha value is -3.32. The van der Waals surface area contributed by atoms with Crippen molar-refractivity contribution in [3.63, 3.8) is 0 Å². The number of carbonyl (C=O) groups excluding carboxylic acids is 1. The number of carboxylic acid groups (broad SMARTS) is 1. The summed E-state index contributed by atoms with van der Waals surface area (Å²) in [6.07, 6.45) is 0.234. The van der Waals surface area contributed by atoms with Gasteiger partial charge >= 0.3 is 5.97 Å². The molecule has 2 aromatic carbocycles. The van der Waals surface area contributed by atoms with Crippen molar-refractivity contribution in [2.24, 2.45) is 0 Å². The van der Waals surface area contributed by atoms with E-state index in [0.29, 0.717) is 29.4 Å². The fourth-order valence-corrected chi connectivity index (χ4v) is 5.13. The van der Waals surface area contributed by atoms with Gasteiger partial charge in [-0.25, -0.2) is 4.79 Å². The van der Waals surface area contributed by atoms with Crippen molar-refractivity contribution in [2.45, 2.75) is 26.2 Å². The van der Waals surface area contributed by atoms with Crippen LogP contribution in [0.4, 0.5) is 5.69 Å². The van der Waals surface area contributed by atoms with Gasteiger partial charge in [0.2, 0.25) is 5.91 Å². The molecule has 31 heavy (non-hydrogen) atoms. The van der Waals surface area contributed by atoms with Crippen molar-refractivity contribution < 1.29 is 24.2 Å². The Bertz CT molecular complexity index is 1150. The van der Waals surface area contributed by atoms with Gasteiger partial charge in [-0.2, -0.15) is 0 Å². The highest BCUT2D eigenvalue weighted by atomic mass is 32.1. The number of amides is 1. The summed E-state index contributed by atoms with van der Waals surface area (Å²) in [7, 11) is 1.58. The molecule has 0 aliphatic carbocycles. The van der Waals surface area contributed by atoms with Gasteiger partial charge < -0.3 is 19.9 Å². The maximum atomic E-state index is 12.7. The summed E-state index contributed by atoms with van der Waals surface area (Å²) in [6.45, 7) is 4.35. The zero-order valence-corrected chi connectivity index (χ0v) is 18.3. The highest BCUT2D eigenvalue weighted by molar-refractivity contribution is 7.15. The number of hydrogen-bond donors (Lipinski definition) is 2. The molecule has 2 N–H and O–H groups in total. The van der Waals surface area contributed by atoms with Crippen LogP contribution in [0.25, 0.3) is 11.1 Å². The first kappa shape index (κ1) is 20.9. The number of benzene rings is 2. The number of aryl methyl sites for hydroxylation is 1. The van der Waals surface area contributed by atoms with E-state index in [-0.39, 0.29) is 23.1 Å². The fourth-order valence-electron chi connectivity index (χ4n) is 3.88. The van der Waals surface area contributed by atoms with Crippen molar-refractivity contribution in [1.29, 1.82) is 0 Å². The van der Waals surface area contributed by atoms with E-state index in [0.717, 1.165) is 21.6 Å². The van der Waals surface area contributed by atoms with E-state index < -0.39 is 5.97 Å². The van der Waals surface area contributed by atoms with Gasteiger partial charge in [-0.15, -0.1) is 11.3 Å². The Kier molecular flexibility index (Phi) is 5.69. The van der Waals surface area contributed by atoms with Crippen molar-refractivity contribution in [2.75, 3.05) is 19.0 Å². The van der Waals surface area contributed by atoms with Gasteiger partial charge in [-0.1, -0.05) is 35.9 Å². The molecule has 6 nitrogen and oxygen atoms in total. The molecule has 0 saturated carbocycles. The molecule has 3 aromatic rings. The molecule has 4 rings (SSSR count). The molecule has 1 unspecified atom stereocenters. The lowest BCUT2D eigenvalue weighted by Gasteiger charge is -2.24. The molecule has 0 radical (unpaired) electrons. The van der Waals surface area contributed by atoms with Gasteiger partial charge in [0.1, 0.15) is 4.88 Å². The third kappa shape index (κ3) is 3.88. The first-order chi connectivity index (χ1) is 14.9. The minimum Gasteiger partial charge on any atom is -0.493 e. The van der Waals surface area contributed by atoms with Crippen LogP contribution in [0, 0.1) is 6.92 Å². The number of rotatable bonds is 6. The minimum absolute atomic E-state index is 0.144. The third-order valence-electron chi connectivity index (χ3n) is 5.33. The minimum atomic E-state index is -1.01. The van der Waals surface area contributed by atoms with Crippen molar-refractivity contribution >= 4 is 28.9 Å². The number of fused-ring (bicyclic) bond motifs is 1. The maximum Gasteiger partial charge on any atom is 0.346 e. The Morgan fingerprint density at radius 1 is 1.19 bits per heavy atom. The Morgan fingerprint density at radius 2 is 1.94 bits per heavy atom. The Labute approximate surface area is 184 Å². The predicted octanol–water partition coefficient (Wildman–Crippen LogP) is 5.30. The number of nitrogens with one attached hydrogen (secondary N) is 1. The predicted molar refractivity (Wildman–Crippen MR) is 121 cm³/mol. The molecule has 0 spiro atoms. The number of ether oxygens (including phenoxy) is 2. The molecule has 1 atom stereocenters. The van der Waals surface area contributed by atoms with Crippen LogP contribution in [0.2, 0.25) is 0 Å². The second-order valence-electron chi connectivity index (χ2n) is 7.36. The summed E-state index contributed by atoms with van der Waals surface area (Å²) in [4.78, 5) is 25.8. The lowest BCUT2D eigenvalue weighted by molar-refractivity contribution is -0.116. The van der Waals surface area contributed by atoms with E-state index in [1.807, 2.05) is 56.3 Å². The topological polar surface area (TPSA) is 84.9 Å². The molecule has 160 valence electrons. The molecule has 0 bridgehead atoms. The largest absolute Gasteiger partial charge is 0.493 e. The lowest BCUT2D eigenvalue weighted by atomic mass is 9.88. The monoisotopic (exact) mass is 437 g/mol. The molecule has 2 heterocycles. The van der Waals surface area contributed by atoms with E-state index in [4.69, 9.17) is 9.47 Å². The normalized spacial score (nSPS) is 15.2. The number of aromatic carboxylic acids is 1. The van der Waals surface area contributed by atoms with Crippen LogP contribution in [0.15, 0.2) is 42.5 Å². The van der Waals surface area contributed by atoms with E-state index in [1.54, 1.807) is 7.11 Å². The second-order valence-corrected chi connectivity index (χ2v) is 8.42. The highest BCUT2D eigenvalue weighted by Crippen LogP contribution is 2.50. The van der Waals surface area contributed by atoms with E-state index in [1.165, 1.54) is 11.3 Å². The summed E-state index contributed by atoms with van der Waals surface area (Å²) in [5, 5.41) is 12.8. The smallest absolute Gasteiger partial charge is 0.346 e. The summed E-state index contributed by atoms with van der Waals surface area (Å²) in [5.41, 5.74) is 3.87. The summed E-state index contributed by atoms with van der Waals surface area (Å²) < 4.78 is 11.1. The van der Waals surface area contributed by atoms with Crippen LogP contribution in [0.5, 0.6) is 11.5 Å². The molecular formula is C24H23NO5S. The van der Waals surface area contributed by atoms with Crippen LogP contribution in [0.1, 0.15) is 44.9 Å². The molecular weight excluding hydrogens is 414 g/mol. The second kappa shape index (κ2) is 8.43. The van der Waals surface area contributed by atoms with Crippen LogP contribution >= 0.6 is 11.3 Å². The number of hydrogen-bond acceptors (Lipinski definition) is 5. The SMILES string of the molecule is CCOc1cc(C2CC(=O)Nc3c2sc(C(=O)O)c3-c2ccc(C)cc2)ccc1OC. The molecule has 0 saturated heterocycles.